The summed E-state index contributed by atoms with van der Waals surface area (Å²) in [4.78, 5) is 43.1. The van der Waals surface area contributed by atoms with Crippen LogP contribution in [0, 0.1) is 0 Å². The molecule has 2 aliphatic rings. The van der Waals surface area contributed by atoms with Crippen LogP contribution in [0.1, 0.15) is 30.6 Å². The zero-order valence-corrected chi connectivity index (χ0v) is 18.0. The Morgan fingerprint density at radius 3 is 2.35 bits per heavy atom. The molecule has 7 heteroatoms. The van der Waals surface area contributed by atoms with Crippen molar-refractivity contribution < 1.29 is 14.4 Å². The Morgan fingerprint density at radius 1 is 1.00 bits per heavy atom. The lowest BCUT2D eigenvalue weighted by Crippen LogP contribution is -2.51. The van der Waals surface area contributed by atoms with Gasteiger partial charge in [-0.2, -0.15) is 0 Å². The number of nitrogens with zero attached hydrogens (tertiary/aromatic N) is 3. The molecule has 2 heterocycles. The number of amides is 2. The number of piperazine rings is 1. The van der Waals surface area contributed by atoms with E-state index in [9.17, 15) is 14.4 Å². The van der Waals surface area contributed by atoms with Crippen molar-refractivity contribution in [3.63, 3.8) is 0 Å². The highest BCUT2D eigenvalue weighted by atomic mass is 16.2. The van der Waals surface area contributed by atoms with Gasteiger partial charge in [-0.25, -0.2) is 0 Å². The minimum atomic E-state index is -0.197. The number of anilines is 3. The molecule has 2 amide bonds. The summed E-state index contributed by atoms with van der Waals surface area (Å²) >= 11 is 0. The van der Waals surface area contributed by atoms with Gasteiger partial charge in [0.1, 0.15) is 0 Å². The SMILES string of the molecule is CC(=O)c1ccc(N2CCN(CC(=O)N3c4ccccc4NC(=O)C[C@@H]3C)CC2)cc1. The van der Waals surface area contributed by atoms with E-state index in [2.05, 4.69) is 15.1 Å². The Labute approximate surface area is 182 Å². The lowest BCUT2D eigenvalue weighted by atomic mass is 10.1. The second-order valence-electron chi connectivity index (χ2n) is 8.25. The number of rotatable bonds is 4. The van der Waals surface area contributed by atoms with E-state index in [1.165, 1.54) is 0 Å². The van der Waals surface area contributed by atoms with E-state index in [-0.39, 0.29) is 30.1 Å². The zero-order chi connectivity index (χ0) is 22.0. The molecule has 2 aromatic rings. The Balaban J connectivity index is 1.40. The third kappa shape index (κ3) is 4.61. The molecule has 0 spiro atoms. The molecule has 0 unspecified atom stereocenters. The summed E-state index contributed by atoms with van der Waals surface area (Å²) in [7, 11) is 0. The van der Waals surface area contributed by atoms with Gasteiger partial charge in [-0.15, -0.1) is 0 Å². The molecule has 0 aliphatic carbocycles. The van der Waals surface area contributed by atoms with Crippen LogP contribution >= 0.6 is 0 Å². The lowest BCUT2D eigenvalue weighted by Gasteiger charge is -2.37. The Hall–Kier alpha value is -3.19. The van der Waals surface area contributed by atoms with Crippen molar-refractivity contribution in [1.82, 2.24) is 4.90 Å². The van der Waals surface area contributed by atoms with E-state index < -0.39 is 0 Å². The first-order chi connectivity index (χ1) is 14.9. The van der Waals surface area contributed by atoms with Crippen LogP contribution in [0.2, 0.25) is 0 Å². The van der Waals surface area contributed by atoms with Gasteiger partial charge >= 0.3 is 0 Å². The Kier molecular flexibility index (Phi) is 6.04. The average Bonchev–Trinajstić information content (AvgIpc) is 2.88. The van der Waals surface area contributed by atoms with Crippen LogP contribution in [-0.4, -0.2) is 61.3 Å². The van der Waals surface area contributed by atoms with Crippen molar-refractivity contribution in [3.8, 4) is 0 Å². The van der Waals surface area contributed by atoms with Crippen molar-refractivity contribution in [2.45, 2.75) is 26.3 Å². The summed E-state index contributed by atoms with van der Waals surface area (Å²) in [5.41, 5.74) is 3.25. The van der Waals surface area contributed by atoms with Gasteiger partial charge in [-0.05, 0) is 50.2 Å². The van der Waals surface area contributed by atoms with Gasteiger partial charge in [0, 0.05) is 49.9 Å². The van der Waals surface area contributed by atoms with Crippen LogP contribution in [0.4, 0.5) is 17.1 Å². The normalized spacial score (nSPS) is 19.4. The number of Topliss-reactive ketones (excluding diaryl/α,β-unsaturated/α-hetero) is 1. The maximum absolute atomic E-state index is 13.3. The summed E-state index contributed by atoms with van der Waals surface area (Å²) in [6.07, 6.45) is 0.282. The number of fused-ring (bicyclic) bond motifs is 1. The van der Waals surface area contributed by atoms with Crippen LogP contribution in [-0.2, 0) is 9.59 Å². The predicted octanol–water partition coefficient (Wildman–Crippen LogP) is 2.78. The molecule has 1 N–H and O–H groups in total. The minimum Gasteiger partial charge on any atom is -0.369 e. The first kappa shape index (κ1) is 21.1. The average molecular weight is 421 g/mol. The van der Waals surface area contributed by atoms with Gasteiger partial charge in [0.25, 0.3) is 0 Å². The molecule has 1 fully saturated rings. The van der Waals surface area contributed by atoms with Gasteiger partial charge in [-0.1, -0.05) is 12.1 Å². The fourth-order valence-corrected chi connectivity index (χ4v) is 4.31. The second-order valence-corrected chi connectivity index (χ2v) is 8.25. The van der Waals surface area contributed by atoms with E-state index in [0.717, 1.165) is 37.6 Å². The fourth-order valence-electron chi connectivity index (χ4n) is 4.31. The summed E-state index contributed by atoms with van der Waals surface area (Å²) < 4.78 is 0. The lowest BCUT2D eigenvalue weighted by molar-refractivity contribution is -0.120. The molecule has 0 radical (unpaired) electrons. The molecular weight excluding hydrogens is 392 g/mol. The number of carbonyl (C=O) groups excluding carboxylic acids is 3. The Morgan fingerprint density at radius 2 is 1.68 bits per heavy atom. The second kappa shape index (κ2) is 8.89. The molecule has 31 heavy (non-hydrogen) atoms. The van der Waals surface area contributed by atoms with Crippen LogP contribution in [0.5, 0.6) is 0 Å². The highest BCUT2D eigenvalue weighted by molar-refractivity contribution is 6.05. The number of nitrogens with one attached hydrogen (secondary N) is 1. The summed E-state index contributed by atoms with van der Waals surface area (Å²) in [5, 5.41) is 2.90. The molecule has 0 aromatic heterocycles. The fraction of sp³-hybridized carbons (Fsp3) is 0.375. The number of benzene rings is 2. The van der Waals surface area contributed by atoms with Crippen molar-refractivity contribution in [2.24, 2.45) is 0 Å². The molecular formula is C24H28N4O3. The number of para-hydroxylation sites is 2. The molecule has 7 nitrogen and oxygen atoms in total. The molecule has 4 rings (SSSR count). The van der Waals surface area contributed by atoms with Crippen molar-refractivity contribution in [2.75, 3.05) is 47.8 Å². The summed E-state index contributed by atoms with van der Waals surface area (Å²) in [5.74, 6) is 0.00598. The Bertz CT molecular complexity index is 981. The number of carbonyl (C=O) groups is 3. The third-order valence-corrected chi connectivity index (χ3v) is 6.00. The zero-order valence-electron chi connectivity index (χ0n) is 18.0. The van der Waals surface area contributed by atoms with Crippen molar-refractivity contribution in [3.05, 3.63) is 54.1 Å². The molecule has 1 atom stereocenters. The smallest absolute Gasteiger partial charge is 0.241 e. The maximum atomic E-state index is 13.3. The summed E-state index contributed by atoms with van der Waals surface area (Å²) in [6.45, 7) is 7.01. The standard InChI is InChI=1S/C24H28N4O3/c1-17-15-23(30)25-21-5-3-4-6-22(21)28(17)24(31)16-26-11-13-27(14-12-26)20-9-7-19(8-10-20)18(2)29/h3-10,17H,11-16H2,1-2H3,(H,25,30)/t17-/m0/s1. The van der Waals surface area contributed by atoms with E-state index in [4.69, 9.17) is 0 Å². The van der Waals surface area contributed by atoms with Gasteiger partial charge in [0.2, 0.25) is 11.8 Å². The molecule has 2 aromatic carbocycles. The highest BCUT2D eigenvalue weighted by Crippen LogP contribution is 2.31. The van der Waals surface area contributed by atoms with Gasteiger partial charge in [0.05, 0.1) is 17.9 Å². The summed E-state index contributed by atoms with van der Waals surface area (Å²) in [6, 6.07) is 15.0. The molecule has 0 bridgehead atoms. The monoisotopic (exact) mass is 420 g/mol. The minimum absolute atomic E-state index is 0.00992. The van der Waals surface area contributed by atoms with Crippen molar-refractivity contribution in [1.29, 1.82) is 0 Å². The molecule has 0 saturated carbocycles. The highest BCUT2D eigenvalue weighted by Gasteiger charge is 2.31. The number of hydrogen-bond acceptors (Lipinski definition) is 5. The van der Waals surface area contributed by atoms with E-state index >= 15 is 0 Å². The molecule has 2 aliphatic heterocycles. The van der Waals surface area contributed by atoms with Crippen LogP contribution in [0.25, 0.3) is 0 Å². The topological polar surface area (TPSA) is 73.0 Å². The van der Waals surface area contributed by atoms with E-state index in [1.807, 2.05) is 55.5 Å². The van der Waals surface area contributed by atoms with E-state index in [1.54, 1.807) is 11.8 Å². The third-order valence-electron chi connectivity index (χ3n) is 6.00. The van der Waals surface area contributed by atoms with Crippen molar-refractivity contribution >= 4 is 34.7 Å². The quantitative estimate of drug-likeness (QED) is 0.770. The van der Waals surface area contributed by atoms with E-state index in [0.29, 0.717) is 17.8 Å². The number of ketones is 1. The van der Waals surface area contributed by atoms with Gasteiger partial charge < -0.3 is 15.1 Å². The largest absolute Gasteiger partial charge is 0.369 e. The van der Waals surface area contributed by atoms with Crippen LogP contribution in [0.15, 0.2) is 48.5 Å². The van der Waals surface area contributed by atoms with Gasteiger partial charge in [0.15, 0.2) is 5.78 Å². The van der Waals surface area contributed by atoms with Gasteiger partial charge in [-0.3, -0.25) is 19.3 Å². The first-order valence-electron chi connectivity index (χ1n) is 10.7. The first-order valence-corrected chi connectivity index (χ1v) is 10.7. The maximum Gasteiger partial charge on any atom is 0.241 e. The van der Waals surface area contributed by atoms with Crippen LogP contribution in [0.3, 0.4) is 0 Å². The predicted molar refractivity (Wildman–Crippen MR) is 122 cm³/mol. The van der Waals surface area contributed by atoms with Crippen LogP contribution < -0.4 is 15.1 Å². The molecule has 1 saturated heterocycles. The molecule has 162 valence electrons. The number of hydrogen-bond donors (Lipinski definition) is 1.